The minimum atomic E-state index is 0.256. The van der Waals surface area contributed by atoms with E-state index in [0.29, 0.717) is 5.41 Å². The number of benzene rings is 1. The predicted molar refractivity (Wildman–Crippen MR) is 91.2 cm³/mol. The minimum Gasteiger partial charge on any atom is -0.0622 e. The average Bonchev–Trinajstić information content (AvgIpc) is 2.33. The fourth-order valence-corrected chi connectivity index (χ4v) is 2.89. The van der Waals surface area contributed by atoms with Crippen LogP contribution >= 0.6 is 0 Å². The van der Waals surface area contributed by atoms with Gasteiger partial charge < -0.3 is 0 Å². The van der Waals surface area contributed by atoms with Crippen molar-refractivity contribution in [3.05, 3.63) is 35.9 Å². The molecule has 0 spiro atoms. The average molecular weight is 274 g/mol. The Kier molecular flexibility index (Phi) is 5.46. The predicted octanol–water partition coefficient (Wildman–Crippen LogP) is 6.60. The Morgan fingerprint density at radius 3 is 1.65 bits per heavy atom. The topological polar surface area (TPSA) is 0 Å². The third kappa shape index (κ3) is 4.65. The lowest BCUT2D eigenvalue weighted by Gasteiger charge is -2.43. The third-order valence-electron chi connectivity index (χ3n) is 4.92. The summed E-state index contributed by atoms with van der Waals surface area (Å²) >= 11 is 0. The van der Waals surface area contributed by atoms with Crippen LogP contribution in [0.4, 0.5) is 0 Å². The SMILES string of the molecule is CC(C)(C)CCCC[C@](C)(c1ccccc1)C(C)(C)C. The highest BCUT2D eigenvalue weighted by Gasteiger charge is 2.38. The van der Waals surface area contributed by atoms with E-state index in [4.69, 9.17) is 0 Å². The van der Waals surface area contributed by atoms with Crippen LogP contribution in [0.3, 0.4) is 0 Å². The molecule has 0 aliphatic heterocycles. The summed E-state index contributed by atoms with van der Waals surface area (Å²) in [7, 11) is 0. The van der Waals surface area contributed by atoms with Gasteiger partial charge in [0.1, 0.15) is 0 Å². The maximum atomic E-state index is 2.44. The van der Waals surface area contributed by atoms with Gasteiger partial charge in [-0.1, -0.05) is 91.6 Å². The van der Waals surface area contributed by atoms with Crippen LogP contribution in [0.15, 0.2) is 30.3 Å². The second kappa shape index (κ2) is 6.33. The first-order chi connectivity index (χ1) is 9.06. The molecule has 0 radical (unpaired) electrons. The van der Waals surface area contributed by atoms with Crippen molar-refractivity contribution in [3.8, 4) is 0 Å². The highest BCUT2D eigenvalue weighted by atomic mass is 14.4. The van der Waals surface area contributed by atoms with Crippen molar-refractivity contribution >= 4 is 0 Å². The van der Waals surface area contributed by atoms with E-state index in [1.165, 1.54) is 31.2 Å². The standard InChI is InChI=1S/C20H34/c1-18(2,3)15-11-12-16-20(7,19(4,5)6)17-13-9-8-10-14-17/h8-10,13-14H,11-12,15-16H2,1-7H3/t20-/m1/s1. The van der Waals surface area contributed by atoms with Gasteiger partial charge in [0, 0.05) is 0 Å². The van der Waals surface area contributed by atoms with Gasteiger partial charge in [0.15, 0.2) is 0 Å². The van der Waals surface area contributed by atoms with Gasteiger partial charge >= 0.3 is 0 Å². The molecule has 0 aromatic heterocycles. The van der Waals surface area contributed by atoms with Gasteiger partial charge in [-0.05, 0) is 34.7 Å². The molecule has 0 saturated carbocycles. The van der Waals surface area contributed by atoms with Crippen molar-refractivity contribution in [2.24, 2.45) is 10.8 Å². The van der Waals surface area contributed by atoms with Gasteiger partial charge in [0.2, 0.25) is 0 Å². The summed E-state index contributed by atoms with van der Waals surface area (Å²) in [6, 6.07) is 11.1. The molecular weight excluding hydrogens is 240 g/mol. The molecular formula is C20H34. The summed E-state index contributed by atoms with van der Waals surface area (Å²) < 4.78 is 0. The highest BCUT2D eigenvalue weighted by Crippen LogP contribution is 2.45. The number of rotatable bonds is 5. The molecule has 114 valence electrons. The van der Waals surface area contributed by atoms with Crippen LogP contribution in [0, 0.1) is 10.8 Å². The maximum Gasteiger partial charge on any atom is -0.00268 e. The summed E-state index contributed by atoms with van der Waals surface area (Å²) in [5, 5.41) is 0. The summed E-state index contributed by atoms with van der Waals surface area (Å²) in [6.45, 7) is 16.6. The molecule has 20 heavy (non-hydrogen) atoms. The molecule has 0 bridgehead atoms. The molecule has 0 amide bonds. The molecule has 1 aromatic carbocycles. The first kappa shape index (κ1) is 17.3. The van der Waals surface area contributed by atoms with Gasteiger partial charge in [0.25, 0.3) is 0 Å². The van der Waals surface area contributed by atoms with Crippen LogP contribution in [0.1, 0.15) is 79.7 Å². The molecule has 1 aromatic rings. The molecule has 0 heteroatoms. The minimum absolute atomic E-state index is 0.256. The van der Waals surface area contributed by atoms with Gasteiger partial charge in [-0.2, -0.15) is 0 Å². The van der Waals surface area contributed by atoms with E-state index in [0.717, 1.165) is 0 Å². The second-order valence-corrected chi connectivity index (χ2v) is 8.72. The van der Waals surface area contributed by atoms with E-state index >= 15 is 0 Å². The Balaban J connectivity index is 2.77. The molecule has 0 nitrogen and oxygen atoms in total. The molecule has 0 aliphatic carbocycles. The summed E-state index contributed by atoms with van der Waals surface area (Å²) in [6.07, 6.45) is 5.25. The van der Waals surface area contributed by atoms with E-state index < -0.39 is 0 Å². The van der Waals surface area contributed by atoms with Gasteiger partial charge in [-0.25, -0.2) is 0 Å². The molecule has 1 atom stereocenters. The second-order valence-electron chi connectivity index (χ2n) is 8.72. The van der Waals surface area contributed by atoms with Gasteiger partial charge in [-0.15, -0.1) is 0 Å². The number of hydrogen-bond acceptors (Lipinski definition) is 0. The largest absolute Gasteiger partial charge is 0.0622 e. The van der Waals surface area contributed by atoms with E-state index in [2.05, 4.69) is 78.8 Å². The van der Waals surface area contributed by atoms with E-state index in [1.54, 1.807) is 0 Å². The van der Waals surface area contributed by atoms with Crippen molar-refractivity contribution in [2.75, 3.05) is 0 Å². The molecule has 0 unspecified atom stereocenters. The normalized spacial score (nSPS) is 15.9. The fourth-order valence-electron chi connectivity index (χ4n) is 2.89. The molecule has 1 rings (SSSR count). The lowest BCUT2D eigenvalue weighted by molar-refractivity contribution is 0.181. The Morgan fingerprint density at radius 2 is 1.20 bits per heavy atom. The van der Waals surface area contributed by atoms with Crippen LogP contribution in [0.2, 0.25) is 0 Å². The Hall–Kier alpha value is -0.780. The van der Waals surface area contributed by atoms with Crippen LogP contribution in [0.25, 0.3) is 0 Å². The lowest BCUT2D eigenvalue weighted by atomic mass is 9.61. The lowest BCUT2D eigenvalue weighted by Crippen LogP contribution is -2.37. The van der Waals surface area contributed by atoms with Gasteiger partial charge in [0.05, 0.1) is 0 Å². The Bertz CT molecular complexity index is 388. The van der Waals surface area contributed by atoms with Crippen molar-refractivity contribution in [2.45, 2.75) is 79.6 Å². The quantitative estimate of drug-likeness (QED) is 0.531. The molecule has 0 heterocycles. The number of hydrogen-bond donors (Lipinski definition) is 0. The highest BCUT2D eigenvalue weighted by molar-refractivity contribution is 5.26. The first-order valence-corrected chi connectivity index (χ1v) is 8.12. The monoisotopic (exact) mass is 274 g/mol. The zero-order valence-corrected chi connectivity index (χ0v) is 14.7. The molecule has 0 N–H and O–H groups in total. The zero-order valence-electron chi connectivity index (χ0n) is 14.7. The van der Waals surface area contributed by atoms with Crippen molar-refractivity contribution < 1.29 is 0 Å². The summed E-state index contributed by atoms with van der Waals surface area (Å²) in [5.41, 5.74) is 2.50. The van der Waals surface area contributed by atoms with Crippen LogP contribution in [-0.2, 0) is 5.41 Å². The van der Waals surface area contributed by atoms with Crippen molar-refractivity contribution in [1.29, 1.82) is 0 Å². The van der Waals surface area contributed by atoms with Crippen LogP contribution in [-0.4, -0.2) is 0 Å². The number of unbranched alkanes of at least 4 members (excludes halogenated alkanes) is 1. The van der Waals surface area contributed by atoms with E-state index in [9.17, 15) is 0 Å². The molecule has 0 fully saturated rings. The molecule has 0 saturated heterocycles. The Labute approximate surface area is 127 Å². The zero-order chi connectivity index (χ0) is 15.4. The van der Waals surface area contributed by atoms with Crippen molar-refractivity contribution in [3.63, 3.8) is 0 Å². The van der Waals surface area contributed by atoms with Crippen molar-refractivity contribution in [1.82, 2.24) is 0 Å². The Morgan fingerprint density at radius 1 is 0.700 bits per heavy atom. The van der Waals surface area contributed by atoms with Crippen LogP contribution in [0.5, 0.6) is 0 Å². The fraction of sp³-hybridized carbons (Fsp3) is 0.700. The first-order valence-electron chi connectivity index (χ1n) is 8.12. The van der Waals surface area contributed by atoms with Crippen LogP contribution < -0.4 is 0 Å². The summed E-state index contributed by atoms with van der Waals surface area (Å²) in [4.78, 5) is 0. The maximum absolute atomic E-state index is 2.44. The smallest absolute Gasteiger partial charge is 0.00268 e. The van der Waals surface area contributed by atoms with E-state index in [-0.39, 0.29) is 10.8 Å². The molecule has 0 aliphatic rings. The van der Waals surface area contributed by atoms with E-state index in [1.807, 2.05) is 0 Å². The summed E-state index contributed by atoms with van der Waals surface area (Å²) in [5.74, 6) is 0. The third-order valence-corrected chi connectivity index (χ3v) is 4.92. The van der Waals surface area contributed by atoms with Gasteiger partial charge in [-0.3, -0.25) is 0 Å².